The molecule has 106 valence electrons. The Bertz CT molecular complexity index is 669. The lowest BCUT2D eigenvalue weighted by atomic mass is 10.1. The quantitative estimate of drug-likeness (QED) is 0.919. The molecule has 5 heteroatoms. The molecule has 0 aliphatic heterocycles. The molecule has 0 bridgehead atoms. The van der Waals surface area contributed by atoms with Crippen LogP contribution in [0.25, 0.3) is 0 Å². The fourth-order valence-electron chi connectivity index (χ4n) is 1.98. The topological polar surface area (TPSA) is 59.1 Å². The van der Waals surface area contributed by atoms with Crippen molar-refractivity contribution >= 4 is 15.5 Å². The molecular weight excluding hydrogens is 272 g/mol. The number of hydrogen-bond donors (Lipinski definition) is 1. The second kappa shape index (κ2) is 6.05. The standard InChI is InChI=1S/C15H18N2O2S/c1-3-20(18,19)15-7-5-4-6-14(15)17-12(2)13-8-10-16-11-9-13/h4-12,17H,3H2,1-2H3/t12-/m1/s1. The summed E-state index contributed by atoms with van der Waals surface area (Å²) >= 11 is 0. The van der Waals surface area contributed by atoms with Crippen molar-refractivity contribution in [3.8, 4) is 0 Å². The van der Waals surface area contributed by atoms with Gasteiger partial charge in [0.15, 0.2) is 9.84 Å². The van der Waals surface area contributed by atoms with Crippen LogP contribution in [0.1, 0.15) is 25.5 Å². The summed E-state index contributed by atoms with van der Waals surface area (Å²) < 4.78 is 24.2. The molecule has 0 amide bonds. The van der Waals surface area contributed by atoms with Crippen LogP contribution in [0.5, 0.6) is 0 Å². The number of benzene rings is 1. The molecule has 2 aromatic rings. The summed E-state index contributed by atoms with van der Waals surface area (Å²) in [5, 5.41) is 3.26. The average molecular weight is 290 g/mol. The maximum Gasteiger partial charge on any atom is 0.180 e. The molecule has 0 saturated carbocycles. The Morgan fingerprint density at radius 3 is 2.45 bits per heavy atom. The van der Waals surface area contributed by atoms with Gasteiger partial charge in [-0.05, 0) is 36.8 Å². The van der Waals surface area contributed by atoms with Crippen molar-refractivity contribution in [2.45, 2.75) is 24.8 Å². The van der Waals surface area contributed by atoms with Crippen LogP contribution in [0.2, 0.25) is 0 Å². The monoisotopic (exact) mass is 290 g/mol. The molecule has 1 aromatic carbocycles. The maximum absolute atomic E-state index is 12.1. The smallest absolute Gasteiger partial charge is 0.180 e. The Kier molecular flexibility index (Phi) is 4.39. The predicted octanol–water partition coefficient (Wildman–Crippen LogP) is 3.05. The number of anilines is 1. The van der Waals surface area contributed by atoms with Crippen molar-refractivity contribution in [1.82, 2.24) is 4.98 Å². The molecule has 0 unspecified atom stereocenters. The average Bonchev–Trinajstić information content (AvgIpc) is 2.48. The molecular formula is C15H18N2O2S. The van der Waals surface area contributed by atoms with Crippen LogP contribution in [0, 0.1) is 0 Å². The van der Waals surface area contributed by atoms with Crippen LogP contribution < -0.4 is 5.32 Å². The maximum atomic E-state index is 12.1. The molecule has 0 aliphatic carbocycles. The summed E-state index contributed by atoms with van der Waals surface area (Å²) in [4.78, 5) is 4.33. The zero-order valence-corrected chi connectivity index (χ0v) is 12.4. The zero-order valence-electron chi connectivity index (χ0n) is 11.6. The minimum absolute atomic E-state index is 0.00575. The molecule has 4 nitrogen and oxygen atoms in total. The molecule has 2 rings (SSSR count). The lowest BCUT2D eigenvalue weighted by Crippen LogP contribution is -2.12. The first-order valence-corrected chi connectivity index (χ1v) is 8.18. The highest BCUT2D eigenvalue weighted by Gasteiger charge is 2.17. The fourth-order valence-corrected chi connectivity index (χ4v) is 3.04. The number of pyridine rings is 1. The summed E-state index contributed by atoms with van der Waals surface area (Å²) in [6.07, 6.45) is 3.45. The molecule has 1 N–H and O–H groups in total. The number of nitrogens with one attached hydrogen (secondary N) is 1. The first-order chi connectivity index (χ1) is 9.54. The van der Waals surface area contributed by atoms with E-state index in [2.05, 4.69) is 10.3 Å². The molecule has 0 radical (unpaired) electrons. The van der Waals surface area contributed by atoms with Crippen LogP contribution in [0.3, 0.4) is 0 Å². The van der Waals surface area contributed by atoms with Gasteiger partial charge in [0.2, 0.25) is 0 Å². The third-order valence-electron chi connectivity index (χ3n) is 3.18. The largest absolute Gasteiger partial charge is 0.377 e. The second-order valence-corrected chi connectivity index (χ2v) is 6.79. The highest BCUT2D eigenvalue weighted by molar-refractivity contribution is 7.91. The van der Waals surface area contributed by atoms with E-state index in [0.717, 1.165) is 5.56 Å². The van der Waals surface area contributed by atoms with Crippen LogP contribution in [-0.4, -0.2) is 19.2 Å². The Morgan fingerprint density at radius 2 is 1.80 bits per heavy atom. The van der Waals surface area contributed by atoms with Crippen molar-refractivity contribution in [3.63, 3.8) is 0 Å². The van der Waals surface area contributed by atoms with Gasteiger partial charge in [0, 0.05) is 18.4 Å². The van der Waals surface area contributed by atoms with E-state index in [0.29, 0.717) is 10.6 Å². The molecule has 1 heterocycles. The van der Waals surface area contributed by atoms with Gasteiger partial charge in [0.1, 0.15) is 0 Å². The Labute approximate surface area is 119 Å². The summed E-state index contributed by atoms with van der Waals surface area (Å²) in [6, 6.07) is 10.8. The number of nitrogens with zero attached hydrogens (tertiary/aromatic N) is 1. The van der Waals surface area contributed by atoms with E-state index >= 15 is 0 Å². The van der Waals surface area contributed by atoms with E-state index < -0.39 is 9.84 Å². The molecule has 1 aromatic heterocycles. The van der Waals surface area contributed by atoms with Crippen molar-refractivity contribution < 1.29 is 8.42 Å². The molecule has 20 heavy (non-hydrogen) atoms. The van der Waals surface area contributed by atoms with Gasteiger partial charge in [-0.1, -0.05) is 19.1 Å². The third kappa shape index (κ3) is 3.17. The minimum Gasteiger partial charge on any atom is -0.377 e. The highest BCUT2D eigenvalue weighted by Crippen LogP contribution is 2.26. The van der Waals surface area contributed by atoms with E-state index in [9.17, 15) is 8.42 Å². The first-order valence-electron chi connectivity index (χ1n) is 6.53. The Balaban J connectivity index is 2.31. The van der Waals surface area contributed by atoms with E-state index in [1.807, 2.05) is 25.1 Å². The number of hydrogen-bond acceptors (Lipinski definition) is 4. The van der Waals surface area contributed by atoms with Gasteiger partial charge in [0.25, 0.3) is 0 Å². The van der Waals surface area contributed by atoms with Crippen molar-refractivity contribution in [1.29, 1.82) is 0 Å². The molecule has 0 aliphatic rings. The van der Waals surface area contributed by atoms with Gasteiger partial charge in [-0.3, -0.25) is 4.98 Å². The first kappa shape index (κ1) is 14.5. The van der Waals surface area contributed by atoms with E-state index in [4.69, 9.17) is 0 Å². The van der Waals surface area contributed by atoms with Gasteiger partial charge >= 0.3 is 0 Å². The van der Waals surface area contributed by atoms with Gasteiger partial charge in [0.05, 0.1) is 16.3 Å². The second-order valence-electron chi connectivity index (χ2n) is 4.55. The zero-order chi connectivity index (χ0) is 14.6. The highest BCUT2D eigenvalue weighted by atomic mass is 32.2. The van der Waals surface area contributed by atoms with Gasteiger partial charge in [-0.2, -0.15) is 0 Å². The normalized spacial score (nSPS) is 12.9. The third-order valence-corrected chi connectivity index (χ3v) is 4.97. The number of sulfone groups is 1. The number of para-hydroxylation sites is 1. The summed E-state index contributed by atoms with van der Waals surface area (Å²) in [5.74, 6) is 0.0926. The lowest BCUT2D eigenvalue weighted by Gasteiger charge is -2.18. The molecule has 0 fully saturated rings. The van der Waals surface area contributed by atoms with Crippen molar-refractivity contribution in [2.24, 2.45) is 0 Å². The number of aromatic nitrogens is 1. The number of rotatable bonds is 5. The SMILES string of the molecule is CCS(=O)(=O)c1ccccc1N[C@H](C)c1ccncc1. The van der Waals surface area contributed by atoms with Crippen LogP contribution in [0.15, 0.2) is 53.7 Å². The molecule has 0 spiro atoms. The Hall–Kier alpha value is -1.88. The fraction of sp³-hybridized carbons (Fsp3) is 0.267. The van der Waals surface area contributed by atoms with E-state index in [1.54, 1.807) is 37.5 Å². The van der Waals surface area contributed by atoms with Crippen LogP contribution >= 0.6 is 0 Å². The molecule has 0 saturated heterocycles. The predicted molar refractivity (Wildman–Crippen MR) is 80.4 cm³/mol. The molecule has 1 atom stereocenters. The Morgan fingerprint density at radius 1 is 1.15 bits per heavy atom. The summed E-state index contributed by atoms with van der Waals surface area (Å²) in [6.45, 7) is 3.64. The van der Waals surface area contributed by atoms with Gasteiger partial charge < -0.3 is 5.32 Å². The minimum atomic E-state index is -3.23. The van der Waals surface area contributed by atoms with E-state index in [-0.39, 0.29) is 11.8 Å². The van der Waals surface area contributed by atoms with Crippen LogP contribution in [-0.2, 0) is 9.84 Å². The summed E-state index contributed by atoms with van der Waals surface area (Å²) in [5.41, 5.74) is 1.70. The van der Waals surface area contributed by atoms with Crippen molar-refractivity contribution in [3.05, 3.63) is 54.4 Å². The summed E-state index contributed by atoms with van der Waals surface area (Å²) in [7, 11) is -3.23. The van der Waals surface area contributed by atoms with Gasteiger partial charge in [-0.25, -0.2) is 8.42 Å². The van der Waals surface area contributed by atoms with E-state index in [1.165, 1.54) is 0 Å². The van der Waals surface area contributed by atoms with Gasteiger partial charge in [-0.15, -0.1) is 0 Å². The lowest BCUT2D eigenvalue weighted by molar-refractivity contribution is 0.597. The van der Waals surface area contributed by atoms with Crippen LogP contribution in [0.4, 0.5) is 5.69 Å². The van der Waals surface area contributed by atoms with Crippen molar-refractivity contribution in [2.75, 3.05) is 11.1 Å².